The van der Waals surface area contributed by atoms with Crippen LogP contribution in [0.3, 0.4) is 0 Å². The minimum Gasteiger partial charge on any atom is -0.467 e. The van der Waals surface area contributed by atoms with E-state index < -0.39 is 11.6 Å². The molecule has 1 heterocycles. The van der Waals surface area contributed by atoms with Crippen molar-refractivity contribution in [1.82, 2.24) is 10.2 Å². The molecule has 2 rings (SSSR count). The number of piperidine rings is 1. The third-order valence-electron chi connectivity index (χ3n) is 4.29. The lowest BCUT2D eigenvalue weighted by atomic mass is 9.95. The number of β-amino-alcohol motifs (C(OH)–C–C–N with tert-alkyl or cyclic N) is 1. The Hall–Kier alpha value is -1.14. The van der Waals surface area contributed by atoms with Crippen molar-refractivity contribution in [3.05, 3.63) is 0 Å². The summed E-state index contributed by atoms with van der Waals surface area (Å²) in [5, 5.41) is 13.1. The number of hydrogen-bond acceptors (Lipinski definition) is 5. The average Bonchev–Trinajstić information content (AvgIpc) is 3.27. The molecule has 1 aliphatic heterocycles. The van der Waals surface area contributed by atoms with Gasteiger partial charge in [-0.1, -0.05) is 0 Å². The highest BCUT2D eigenvalue weighted by Crippen LogP contribution is 2.28. The minimum absolute atomic E-state index is 0.0500. The van der Waals surface area contributed by atoms with E-state index in [9.17, 15) is 14.7 Å². The van der Waals surface area contributed by atoms with Crippen LogP contribution in [-0.2, 0) is 14.3 Å². The molecule has 0 aromatic rings. The Labute approximate surface area is 125 Å². The monoisotopic (exact) mass is 298 g/mol. The van der Waals surface area contributed by atoms with Gasteiger partial charge in [0.05, 0.1) is 13.0 Å². The number of nitrogens with zero attached hydrogens (tertiary/aromatic N) is 1. The van der Waals surface area contributed by atoms with Crippen LogP contribution in [0.5, 0.6) is 0 Å². The lowest BCUT2D eigenvalue weighted by Crippen LogP contribution is -2.51. The zero-order valence-corrected chi connectivity index (χ0v) is 12.9. The molecule has 1 aliphatic carbocycles. The summed E-state index contributed by atoms with van der Waals surface area (Å²) in [6, 6.07) is 0. The van der Waals surface area contributed by atoms with E-state index in [-0.39, 0.29) is 18.4 Å². The maximum Gasteiger partial charge on any atom is 0.338 e. The van der Waals surface area contributed by atoms with Crippen molar-refractivity contribution in [2.24, 2.45) is 11.8 Å². The van der Waals surface area contributed by atoms with Crippen LogP contribution in [0.25, 0.3) is 0 Å². The zero-order valence-electron chi connectivity index (χ0n) is 12.9. The Morgan fingerprint density at radius 3 is 2.71 bits per heavy atom. The summed E-state index contributed by atoms with van der Waals surface area (Å²) in [5.41, 5.74) is -1.53. The van der Waals surface area contributed by atoms with E-state index in [2.05, 4.69) is 10.1 Å². The van der Waals surface area contributed by atoms with E-state index in [1.54, 1.807) is 0 Å². The highest BCUT2D eigenvalue weighted by molar-refractivity contribution is 5.79. The first-order valence-corrected chi connectivity index (χ1v) is 7.73. The van der Waals surface area contributed by atoms with Crippen LogP contribution in [0.1, 0.15) is 32.6 Å². The van der Waals surface area contributed by atoms with Crippen LogP contribution in [0, 0.1) is 11.8 Å². The second kappa shape index (κ2) is 6.75. The van der Waals surface area contributed by atoms with Gasteiger partial charge in [0.25, 0.3) is 0 Å². The zero-order chi connectivity index (χ0) is 15.5. The predicted octanol–water partition coefficient (Wildman–Crippen LogP) is 0.149. The summed E-state index contributed by atoms with van der Waals surface area (Å²) < 4.78 is 4.61. The molecule has 0 aromatic carbocycles. The van der Waals surface area contributed by atoms with Gasteiger partial charge < -0.3 is 15.2 Å². The third kappa shape index (κ3) is 4.68. The Bertz CT molecular complexity index is 393. The smallest absolute Gasteiger partial charge is 0.338 e. The number of methoxy groups -OCH3 is 1. The maximum atomic E-state index is 12.1. The van der Waals surface area contributed by atoms with Gasteiger partial charge in [0.1, 0.15) is 0 Å². The normalized spacial score (nSPS) is 26.0. The lowest BCUT2D eigenvalue weighted by Gasteiger charge is -2.35. The fraction of sp³-hybridized carbons (Fsp3) is 0.867. The van der Waals surface area contributed by atoms with Crippen LogP contribution >= 0.6 is 0 Å². The fourth-order valence-electron chi connectivity index (χ4n) is 2.84. The van der Waals surface area contributed by atoms with Gasteiger partial charge in [0.2, 0.25) is 5.91 Å². The van der Waals surface area contributed by atoms with Gasteiger partial charge in [-0.3, -0.25) is 9.69 Å². The largest absolute Gasteiger partial charge is 0.467 e. The molecule has 0 unspecified atom stereocenters. The maximum absolute atomic E-state index is 12.1. The van der Waals surface area contributed by atoms with Crippen LogP contribution in [-0.4, -0.2) is 60.8 Å². The number of rotatable bonds is 6. The van der Waals surface area contributed by atoms with Crippen molar-refractivity contribution >= 4 is 11.9 Å². The van der Waals surface area contributed by atoms with Crippen molar-refractivity contribution < 1.29 is 19.4 Å². The second-order valence-electron chi connectivity index (χ2n) is 6.53. The Balaban J connectivity index is 1.81. The Morgan fingerprint density at radius 1 is 1.38 bits per heavy atom. The Kier molecular flexibility index (Phi) is 5.22. The molecule has 2 fully saturated rings. The number of amides is 1. The summed E-state index contributed by atoms with van der Waals surface area (Å²) in [4.78, 5) is 25.6. The van der Waals surface area contributed by atoms with Gasteiger partial charge in [-0.15, -0.1) is 0 Å². The van der Waals surface area contributed by atoms with Crippen molar-refractivity contribution in [3.8, 4) is 0 Å². The van der Waals surface area contributed by atoms with Crippen molar-refractivity contribution in [1.29, 1.82) is 0 Å². The molecular formula is C15H26N2O4. The SMILES string of the molecule is COC(=O)[C@](C)(O)CN1CCC[C@H](C(=O)NCC2CC2)C1. The van der Waals surface area contributed by atoms with Gasteiger partial charge in [0, 0.05) is 19.6 Å². The predicted molar refractivity (Wildman–Crippen MR) is 77.5 cm³/mol. The van der Waals surface area contributed by atoms with E-state index >= 15 is 0 Å². The molecule has 6 nitrogen and oxygen atoms in total. The molecule has 2 atom stereocenters. The van der Waals surface area contributed by atoms with E-state index in [1.807, 2.05) is 4.90 Å². The van der Waals surface area contributed by atoms with E-state index in [0.717, 1.165) is 25.9 Å². The molecule has 0 bridgehead atoms. The first-order valence-electron chi connectivity index (χ1n) is 7.73. The molecule has 1 amide bonds. The first-order chi connectivity index (χ1) is 9.92. The number of aliphatic hydroxyl groups is 1. The van der Waals surface area contributed by atoms with Crippen LogP contribution < -0.4 is 5.32 Å². The molecule has 0 aromatic heterocycles. The number of hydrogen-bond donors (Lipinski definition) is 2. The molecule has 6 heteroatoms. The molecule has 21 heavy (non-hydrogen) atoms. The molecule has 0 radical (unpaired) electrons. The fourth-order valence-corrected chi connectivity index (χ4v) is 2.84. The van der Waals surface area contributed by atoms with Gasteiger partial charge in [-0.25, -0.2) is 4.79 Å². The average molecular weight is 298 g/mol. The van der Waals surface area contributed by atoms with Crippen LogP contribution in [0.15, 0.2) is 0 Å². The van der Waals surface area contributed by atoms with E-state index in [1.165, 1.54) is 26.9 Å². The van der Waals surface area contributed by atoms with Crippen molar-refractivity contribution in [2.45, 2.75) is 38.2 Å². The molecule has 0 spiro atoms. The number of likely N-dealkylation sites (tertiary alicyclic amines) is 1. The molecule has 2 aliphatic rings. The van der Waals surface area contributed by atoms with Crippen molar-refractivity contribution in [3.63, 3.8) is 0 Å². The number of nitrogens with one attached hydrogen (secondary N) is 1. The summed E-state index contributed by atoms with van der Waals surface area (Å²) in [5.74, 6) is 0.0896. The van der Waals surface area contributed by atoms with E-state index in [0.29, 0.717) is 12.5 Å². The number of carbonyl (C=O) groups is 2. The first kappa shape index (κ1) is 16.2. The van der Waals surface area contributed by atoms with Crippen molar-refractivity contribution in [2.75, 3.05) is 33.3 Å². The molecule has 1 saturated heterocycles. The minimum atomic E-state index is -1.53. The molecule has 2 N–H and O–H groups in total. The highest BCUT2D eigenvalue weighted by atomic mass is 16.5. The number of ether oxygens (including phenoxy) is 1. The van der Waals surface area contributed by atoms with Crippen LogP contribution in [0.4, 0.5) is 0 Å². The van der Waals surface area contributed by atoms with Gasteiger partial charge in [-0.05, 0) is 45.1 Å². The van der Waals surface area contributed by atoms with Gasteiger partial charge >= 0.3 is 5.97 Å². The molecule has 1 saturated carbocycles. The molecule has 120 valence electrons. The van der Waals surface area contributed by atoms with Gasteiger partial charge in [0.15, 0.2) is 5.60 Å². The second-order valence-corrected chi connectivity index (χ2v) is 6.53. The van der Waals surface area contributed by atoms with Crippen LogP contribution in [0.2, 0.25) is 0 Å². The summed E-state index contributed by atoms with van der Waals surface area (Å²) in [6.07, 6.45) is 4.21. The lowest BCUT2D eigenvalue weighted by molar-refractivity contribution is -0.162. The van der Waals surface area contributed by atoms with Gasteiger partial charge in [-0.2, -0.15) is 0 Å². The standard InChI is InChI=1S/C15H26N2O4/c1-15(20,14(19)21-2)10-17-7-3-4-12(9-17)13(18)16-8-11-5-6-11/h11-12,20H,3-10H2,1-2H3,(H,16,18)/t12-,15+/m0/s1. The third-order valence-corrected chi connectivity index (χ3v) is 4.29. The molecular weight excluding hydrogens is 272 g/mol. The topological polar surface area (TPSA) is 78.9 Å². The summed E-state index contributed by atoms with van der Waals surface area (Å²) >= 11 is 0. The number of carbonyl (C=O) groups excluding carboxylic acids is 2. The van der Waals surface area contributed by atoms with E-state index in [4.69, 9.17) is 0 Å². The highest BCUT2D eigenvalue weighted by Gasteiger charge is 2.36. The quantitative estimate of drug-likeness (QED) is 0.682. The Morgan fingerprint density at radius 2 is 2.10 bits per heavy atom. The summed E-state index contributed by atoms with van der Waals surface area (Å²) in [7, 11) is 1.27. The number of esters is 1. The summed E-state index contributed by atoms with van der Waals surface area (Å²) in [6.45, 7) is 3.82.